The molecule has 0 saturated carbocycles. The van der Waals surface area contributed by atoms with E-state index < -0.39 is 10.5 Å². The van der Waals surface area contributed by atoms with Crippen molar-refractivity contribution in [3.63, 3.8) is 0 Å². The second kappa shape index (κ2) is 9.13. The molecule has 8 nitrogen and oxygen atoms in total. The van der Waals surface area contributed by atoms with Crippen molar-refractivity contribution in [1.29, 1.82) is 5.26 Å². The van der Waals surface area contributed by atoms with Gasteiger partial charge in [-0.3, -0.25) is 10.1 Å². The van der Waals surface area contributed by atoms with Gasteiger partial charge in [-0.15, -0.1) is 11.3 Å². The fourth-order valence-electron chi connectivity index (χ4n) is 3.41. The molecule has 0 unspecified atom stereocenters. The summed E-state index contributed by atoms with van der Waals surface area (Å²) in [7, 11) is 0. The Balaban J connectivity index is 1.45. The lowest BCUT2D eigenvalue weighted by molar-refractivity contribution is -0.384. The number of nitro benzene ring substituents is 1. The van der Waals surface area contributed by atoms with Crippen LogP contribution in [0, 0.1) is 21.4 Å². The van der Waals surface area contributed by atoms with Crippen LogP contribution in [0.25, 0.3) is 45.2 Å². The lowest BCUT2D eigenvalue weighted by Crippen LogP contribution is -2.02. The third kappa shape index (κ3) is 4.55. The molecule has 0 radical (unpaired) electrons. The molecule has 0 bridgehead atoms. The molecule has 5 aromatic rings. The first-order chi connectivity index (χ1) is 16.9. The zero-order valence-electron chi connectivity index (χ0n) is 17.6. The molecular formula is C25H12BrN3O5S. The number of non-ortho nitro benzene ring substituents is 1. The molecule has 10 heteroatoms. The third-order valence-electron chi connectivity index (χ3n) is 5.10. The molecule has 3 aromatic heterocycles. The number of nitrogens with zero attached hydrogens (tertiary/aromatic N) is 3. The zero-order chi connectivity index (χ0) is 24.5. The van der Waals surface area contributed by atoms with Gasteiger partial charge in [-0.2, -0.15) is 5.26 Å². The maximum absolute atomic E-state index is 12.5. The van der Waals surface area contributed by atoms with Gasteiger partial charge >= 0.3 is 5.63 Å². The monoisotopic (exact) mass is 545 g/mol. The van der Waals surface area contributed by atoms with Crippen LogP contribution >= 0.6 is 27.3 Å². The van der Waals surface area contributed by atoms with Gasteiger partial charge in [-0.1, -0.05) is 15.9 Å². The first-order valence-corrected chi connectivity index (χ1v) is 11.7. The van der Waals surface area contributed by atoms with E-state index in [2.05, 4.69) is 27.0 Å². The summed E-state index contributed by atoms with van der Waals surface area (Å²) in [5.74, 6) is 0.921. The summed E-state index contributed by atoms with van der Waals surface area (Å²) in [6.45, 7) is 0. The number of hydrogen-bond donors (Lipinski definition) is 0. The molecule has 0 saturated heterocycles. The van der Waals surface area contributed by atoms with Crippen LogP contribution in [0.3, 0.4) is 0 Å². The number of halogens is 1. The molecule has 3 heterocycles. The molecule has 0 N–H and O–H groups in total. The van der Waals surface area contributed by atoms with Gasteiger partial charge in [-0.05, 0) is 48.5 Å². The van der Waals surface area contributed by atoms with E-state index in [4.69, 9.17) is 8.83 Å². The second-order valence-electron chi connectivity index (χ2n) is 7.34. The van der Waals surface area contributed by atoms with Crippen molar-refractivity contribution in [2.24, 2.45) is 0 Å². The van der Waals surface area contributed by atoms with Crippen LogP contribution in [0.5, 0.6) is 0 Å². The number of rotatable bonds is 5. The third-order valence-corrected chi connectivity index (χ3v) is 6.47. The van der Waals surface area contributed by atoms with E-state index in [9.17, 15) is 20.2 Å². The van der Waals surface area contributed by atoms with Crippen molar-refractivity contribution in [2.45, 2.75) is 0 Å². The van der Waals surface area contributed by atoms with Gasteiger partial charge in [0, 0.05) is 39.0 Å². The van der Waals surface area contributed by atoms with Gasteiger partial charge in [-0.25, -0.2) is 9.78 Å². The highest BCUT2D eigenvalue weighted by atomic mass is 79.9. The lowest BCUT2D eigenvalue weighted by Gasteiger charge is -2.00. The second-order valence-corrected chi connectivity index (χ2v) is 9.12. The van der Waals surface area contributed by atoms with Gasteiger partial charge in [0.2, 0.25) is 0 Å². The lowest BCUT2D eigenvalue weighted by atomic mass is 10.1. The summed E-state index contributed by atoms with van der Waals surface area (Å²) in [6, 6.07) is 18.6. The van der Waals surface area contributed by atoms with Crippen LogP contribution in [0.4, 0.5) is 5.69 Å². The largest absolute Gasteiger partial charge is 0.457 e. The van der Waals surface area contributed by atoms with Gasteiger partial charge in [0.1, 0.15) is 28.2 Å². The minimum atomic E-state index is -0.516. The van der Waals surface area contributed by atoms with E-state index >= 15 is 0 Å². The number of allylic oxidation sites excluding steroid dienone is 1. The van der Waals surface area contributed by atoms with E-state index in [1.165, 1.54) is 23.5 Å². The molecule has 0 aliphatic heterocycles. The van der Waals surface area contributed by atoms with Gasteiger partial charge in [0.05, 0.1) is 21.8 Å². The van der Waals surface area contributed by atoms with Crippen LogP contribution in [-0.2, 0) is 0 Å². The van der Waals surface area contributed by atoms with Gasteiger partial charge in [0.25, 0.3) is 5.69 Å². The highest BCUT2D eigenvalue weighted by molar-refractivity contribution is 9.10. The Bertz CT molecular complexity index is 1720. The van der Waals surface area contributed by atoms with Crippen LogP contribution in [0.2, 0.25) is 0 Å². The predicted molar refractivity (Wildman–Crippen MR) is 136 cm³/mol. The Morgan fingerprint density at radius 3 is 2.66 bits per heavy atom. The van der Waals surface area contributed by atoms with Crippen molar-refractivity contribution >= 4 is 55.6 Å². The predicted octanol–water partition coefficient (Wildman–Crippen LogP) is 6.91. The molecule has 0 amide bonds. The normalized spacial score (nSPS) is 11.5. The first-order valence-electron chi connectivity index (χ1n) is 10.1. The highest BCUT2D eigenvalue weighted by Crippen LogP contribution is 2.30. The number of benzene rings is 2. The summed E-state index contributed by atoms with van der Waals surface area (Å²) in [5.41, 5.74) is 1.58. The fourth-order valence-corrected chi connectivity index (χ4v) is 4.58. The molecule has 2 aromatic carbocycles. The average Bonchev–Trinajstić information content (AvgIpc) is 3.52. The number of aromatic nitrogens is 1. The molecule has 0 atom stereocenters. The van der Waals surface area contributed by atoms with E-state index in [1.54, 1.807) is 53.9 Å². The Morgan fingerprint density at radius 2 is 1.91 bits per heavy atom. The highest BCUT2D eigenvalue weighted by Gasteiger charge is 2.15. The van der Waals surface area contributed by atoms with E-state index in [-0.39, 0.29) is 11.3 Å². The van der Waals surface area contributed by atoms with Crippen molar-refractivity contribution < 1.29 is 13.8 Å². The smallest absolute Gasteiger partial charge is 0.345 e. The SMILES string of the molecule is N#C/C(=C\c1ccc(-c2ccc([N+](=O)[O-])cc2)o1)c1nc(-c2cc3cc(Br)ccc3oc2=O)cs1. The van der Waals surface area contributed by atoms with E-state index in [0.29, 0.717) is 38.9 Å². The number of fused-ring (bicyclic) bond motifs is 1. The molecule has 0 spiro atoms. The molecule has 5 rings (SSSR count). The summed E-state index contributed by atoms with van der Waals surface area (Å²) >= 11 is 4.63. The Hall–Kier alpha value is -4.33. The van der Waals surface area contributed by atoms with Crippen LogP contribution < -0.4 is 5.63 Å². The number of furan rings is 1. The summed E-state index contributed by atoms with van der Waals surface area (Å²) in [5, 5.41) is 23.4. The van der Waals surface area contributed by atoms with Crippen molar-refractivity contribution in [3.05, 3.63) is 102 Å². The van der Waals surface area contributed by atoms with Gasteiger partial charge < -0.3 is 8.83 Å². The Morgan fingerprint density at radius 1 is 1.11 bits per heavy atom. The minimum absolute atomic E-state index is 0.0140. The maximum atomic E-state index is 12.5. The molecular weight excluding hydrogens is 534 g/mol. The number of nitriles is 1. The molecule has 0 aliphatic rings. The minimum Gasteiger partial charge on any atom is -0.457 e. The number of nitro groups is 1. The standard InChI is InChI=1S/C25H12BrN3O5S/c26-17-3-7-23-15(9-17)11-20(25(30)34-23)21-13-35-24(28-21)16(12-27)10-19-6-8-22(33-19)14-1-4-18(5-2-14)29(31)32/h1-11,13H/b16-10+. The van der Waals surface area contributed by atoms with Crippen LogP contribution in [0.1, 0.15) is 10.8 Å². The number of thiazole rings is 1. The average molecular weight is 546 g/mol. The van der Waals surface area contributed by atoms with Crippen molar-refractivity contribution in [3.8, 4) is 28.7 Å². The molecule has 35 heavy (non-hydrogen) atoms. The van der Waals surface area contributed by atoms with Gasteiger partial charge in [0.15, 0.2) is 0 Å². The first kappa shape index (κ1) is 22.5. The summed E-state index contributed by atoms with van der Waals surface area (Å²) in [4.78, 5) is 27.4. The van der Waals surface area contributed by atoms with Crippen LogP contribution in [0.15, 0.2) is 84.1 Å². The topological polar surface area (TPSA) is 123 Å². The quantitative estimate of drug-likeness (QED) is 0.102. The fraction of sp³-hybridized carbons (Fsp3) is 0. The van der Waals surface area contributed by atoms with Crippen molar-refractivity contribution in [1.82, 2.24) is 4.98 Å². The Labute approximate surface area is 209 Å². The van der Waals surface area contributed by atoms with E-state index in [0.717, 1.165) is 9.86 Å². The van der Waals surface area contributed by atoms with Crippen molar-refractivity contribution in [2.75, 3.05) is 0 Å². The molecule has 0 aliphatic carbocycles. The Kier molecular flexibility index (Phi) is 5.86. The number of hydrogen-bond acceptors (Lipinski definition) is 8. The maximum Gasteiger partial charge on any atom is 0.345 e. The molecule has 170 valence electrons. The summed E-state index contributed by atoms with van der Waals surface area (Å²) in [6.07, 6.45) is 1.55. The summed E-state index contributed by atoms with van der Waals surface area (Å²) < 4.78 is 12.1. The van der Waals surface area contributed by atoms with E-state index in [1.807, 2.05) is 6.07 Å². The zero-order valence-corrected chi connectivity index (χ0v) is 20.0. The van der Waals surface area contributed by atoms with Crippen LogP contribution in [-0.4, -0.2) is 9.91 Å². The molecule has 0 fully saturated rings.